The van der Waals surface area contributed by atoms with Crippen LogP contribution in [0.2, 0.25) is 10.0 Å². The molecule has 0 bridgehead atoms. The first-order valence-electron chi connectivity index (χ1n) is 6.33. The van der Waals surface area contributed by atoms with Crippen molar-refractivity contribution in [3.8, 4) is 6.07 Å². The third-order valence-corrected chi connectivity index (χ3v) is 3.58. The molecule has 2 unspecified atom stereocenters. The van der Waals surface area contributed by atoms with Gasteiger partial charge in [-0.2, -0.15) is 10.4 Å². The van der Waals surface area contributed by atoms with Gasteiger partial charge in [0.15, 0.2) is 0 Å². The lowest BCUT2D eigenvalue weighted by molar-refractivity contribution is -0.143. The summed E-state index contributed by atoms with van der Waals surface area (Å²) in [5.74, 6) is -2.75. The van der Waals surface area contributed by atoms with Crippen molar-refractivity contribution >= 4 is 40.9 Å². The molecular weight excluding hydrogens is 343 g/mol. The second kappa shape index (κ2) is 8.36. The van der Waals surface area contributed by atoms with Gasteiger partial charge in [0.25, 0.3) is 0 Å². The number of nitriles is 1. The third-order valence-electron chi connectivity index (χ3n) is 3.02. The zero-order chi connectivity index (χ0) is 17.6. The van der Waals surface area contributed by atoms with Gasteiger partial charge in [-0.15, -0.1) is 0 Å². The highest BCUT2D eigenvalue weighted by atomic mass is 35.5. The minimum absolute atomic E-state index is 0.146. The number of carbonyl (C=O) groups is 2. The molecule has 9 heteroatoms. The van der Waals surface area contributed by atoms with Gasteiger partial charge in [0.05, 0.1) is 24.8 Å². The van der Waals surface area contributed by atoms with Crippen LogP contribution < -0.4 is 11.2 Å². The Kier molecular flexibility index (Phi) is 6.82. The maximum absolute atomic E-state index is 12.1. The summed E-state index contributed by atoms with van der Waals surface area (Å²) >= 11 is 11.9. The topological polar surface area (TPSA) is 118 Å². The zero-order valence-electron chi connectivity index (χ0n) is 12.3. The molecule has 0 spiro atoms. The minimum atomic E-state index is -1.07. The number of carbonyl (C=O) groups excluding carboxylic acids is 2. The third kappa shape index (κ3) is 4.84. The Labute approximate surface area is 143 Å². The molecule has 7 nitrogen and oxygen atoms in total. The van der Waals surface area contributed by atoms with E-state index in [2.05, 4.69) is 5.10 Å². The van der Waals surface area contributed by atoms with Crippen LogP contribution in [0.1, 0.15) is 18.4 Å². The van der Waals surface area contributed by atoms with Gasteiger partial charge in [-0.3, -0.25) is 4.79 Å². The number of amides is 2. The Balaban J connectivity index is 3.33. The number of nitrogens with two attached hydrogens (primary N) is 1. The molecular formula is C14H14Cl2N4O3. The van der Waals surface area contributed by atoms with Gasteiger partial charge in [0.2, 0.25) is 0 Å². The van der Waals surface area contributed by atoms with E-state index in [0.29, 0.717) is 10.6 Å². The SMILES string of the molecule is COC(=O)C(/C(C)=N/NC(N)=O)C(C#N)c1ccc(Cl)cc1Cl. The summed E-state index contributed by atoms with van der Waals surface area (Å²) in [6.45, 7) is 1.46. The number of nitrogens with zero attached hydrogens (tertiary/aromatic N) is 2. The van der Waals surface area contributed by atoms with Crippen molar-refractivity contribution < 1.29 is 14.3 Å². The van der Waals surface area contributed by atoms with E-state index in [4.69, 9.17) is 33.7 Å². The fourth-order valence-electron chi connectivity index (χ4n) is 1.96. The van der Waals surface area contributed by atoms with E-state index in [0.717, 1.165) is 0 Å². The normalized spacial score (nSPS) is 13.6. The molecule has 0 aromatic heterocycles. The van der Waals surface area contributed by atoms with Crippen LogP contribution in [0.15, 0.2) is 23.3 Å². The molecule has 0 fully saturated rings. The number of hydrogen-bond acceptors (Lipinski definition) is 5. The van der Waals surface area contributed by atoms with Crippen LogP contribution in [0.5, 0.6) is 0 Å². The van der Waals surface area contributed by atoms with Crippen LogP contribution in [0.4, 0.5) is 4.79 Å². The van der Waals surface area contributed by atoms with Crippen molar-refractivity contribution in [1.82, 2.24) is 5.43 Å². The van der Waals surface area contributed by atoms with Gasteiger partial charge in [-0.1, -0.05) is 29.3 Å². The van der Waals surface area contributed by atoms with Gasteiger partial charge >= 0.3 is 12.0 Å². The predicted molar refractivity (Wildman–Crippen MR) is 86.2 cm³/mol. The molecule has 0 aliphatic rings. The molecule has 23 heavy (non-hydrogen) atoms. The number of methoxy groups -OCH3 is 1. The summed E-state index contributed by atoms with van der Waals surface area (Å²) in [5, 5.41) is 13.8. The lowest BCUT2D eigenvalue weighted by Gasteiger charge is -2.21. The highest BCUT2D eigenvalue weighted by Crippen LogP contribution is 2.33. The van der Waals surface area contributed by atoms with E-state index in [9.17, 15) is 14.9 Å². The Hall–Kier alpha value is -2.30. The van der Waals surface area contributed by atoms with Gasteiger partial charge in [0, 0.05) is 10.0 Å². The monoisotopic (exact) mass is 356 g/mol. The fourth-order valence-corrected chi connectivity index (χ4v) is 2.49. The molecule has 0 radical (unpaired) electrons. The number of primary amides is 1. The molecule has 1 aromatic rings. The van der Waals surface area contributed by atoms with Gasteiger partial charge in [-0.05, 0) is 24.6 Å². The second-order valence-corrected chi connectivity index (χ2v) is 5.35. The van der Waals surface area contributed by atoms with Crippen molar-refractivity contribution in [2.75, 3.05) is 7.11 Å². The molecule has 122 valence electrons. The van der Waals surface area contributed by atoms with Crippen molar-refractivity contribution in [3.63, 3.8) is 0 Å². The first kappa shape index (κ1) is 18.7. The van der Waals surface area contributed by atoms with E-state index < -0.39 is 23.8 Å². The molecule has 0 aliphatic carbocycles. The summed E-state index contributed by atoms with van der Waals surface area (Å²) in [7, 11) is 1.18. The lowest BCUT2D eigenvalue weighted by Crippen LogP contribution is -2.33. The predicted octanol–water partition coefficient (Wildman–Crippen LogP) is 2.43. The van der Waals surface area contributed by atoms with E-state index in [-0.39, 0.29) is 10.7 Å². The molecule has 1 rings (SSSR count). The molecule has 2 atom stereocenters. The maximum Gasteiger partial charge on any atom is 0.332 e. The van der Waals surface area contributed by atoms with E-state index in [1.165, 1.54) is 20.1 Å². The number of nitrogens with one attached hydrogen (secondary N) is 1. The van der Waals surface area contributed by atoms with Crippen LogP contribution in [-0.2, 0) is 9.53 Å². The average Bonchev–Trinajstić information content (AvgIpc) is 2.50. The fraction of sp³-hybridized carbons (Fsp3) is 0.286. The quantitative estimate of drug-likeness (QED) is 0.478. The van der Waals surface area contributed by atoms with E-state index in [1.807, 2.05) is 11.5 Å². The number of hydrogen-bond donors (Lipinski definition) is 2. The van der Waals surface area contributed by atoms with Crippen LogP contribution in [0.25, 0.3) is 0 Å². The Morgan fingerprint density at radius 2 is 2.09 bits per heavy atom. The highest BCUT2D eigenvalue weighted by Gasteiger charge is 2.34. The van der Waals surface area contributed by atoms with E-state index >= 15 is 0 Å². The molecule has 0 aliphatic heterocycles. The average molecular weight is 357 g/mol. The Morgan fingerprint density at radius 1 is 1.43 bits per heavy atom. The van der Waals surface area contributed by atoms with Crippen molar-refractivity contribution in [2.45, 2.75) is 12.8 Å². The van der Waals surface area contributed by atoms with Gasteiger partial charge < -0.3 is 10.5 Å². The first-order valence-corrected chi connectivity index (χ1v) is 7.09. The molecule has 1 aromatic carbocycles. The second-order valence-electron chi connectivity index (χ2n) is 4.50. The number of hydrazone groups is 1. The van der Waals surface area contributed by atoms with Crippen LogP contribution >= 0.6 is 23.2 Å². The molecule has 3 N–H and O–H groups in total. The summed E-state index contributed by atoms with van der Waals surface area (Å²) in [5.41, 5.74) is 7.49. The number of halogens is 2. The maximum atomic E-state index is 12.1. The van der Waals surface area contributed by atoms with Gasteiger partial charge in [-0.25, -0.2) is 10.2 Å². The Morgan fingerprint density at radius 3 is 2.57 bits per heavy atom. The highest BCUT2D eigenvalue weighted by molar-refractivity contribution is 6.35. The Bertz CT molecular complexity index is 685. The summed E-state index contributed by atoms with van der Waals surface area (Å²) < 4.78 is 4.72. The molecule has 0 saturated heterocycles. The molecule has 0 heterocycles. The summed E-state index contributed by atoms with van der Waals surface area (Å²) in [6, 6.07) is 5.67. The lowest BCUT2D eigenvalue weighted by atomic mass is 9.84. The number of urea groups is 1. The number of esters is 1. The van der Waals surface area contributed by atoms with E-state index in [1.54, 1.807) is 12.1 Å². The standard InChI is InChI=1S/C14H14Cl2N4O3/c1-7(19-20-14(18)22)12(13(21)23-2)10(6-17)9-4-3-8(15)5-11(9)16/h3-5,10,12H,1-2H3,(H3,18,20,22)/b19-7+. The van der Waals surface area contributed by atoms with Crippen molar-refractivity contribution in [3.05, 3.63) is 33.8 Å². The van der Waals surface area contributed by atoms with Crippen molar-refractivity contribution in [1.29, 1.82) is 5.26 Å². The zero-order valence-corrected chi connectivity index (χ0v) is 13.9. The van der Waals surface area contributed by atoms with Crippen LogP contribution in [0, 0.1) is 17.2 Å². The molecule has 2 amide bonds. The number of benzene rings is 1. The smallest absolute Gasteiger partial charge is 0.332 e. The first-order chi connectivity index (χ1) is 10.8. The number of rotatable bonds is 5. The molecule has 0 saturated carbocycles. The van der Waals surface area contributed by atoms with Crippen LogP contribution in [0.3, 0.4) is 0 Å². The number of ether oxygens (including phenoxy) is 1. The van der Waals surface area contributed by atoms with Crippen molar-refractivity contribution in [2.24, 2.45) is 16.8 Å². The van der Waals surface area contributed by atoms with Gasteiger partial charge in [0.1, 0.15) is 5.92 Å². The summed E-state index contributed by atoms with van der Waals surface area (Å²) in [6.07, 6.45) is 0. The summed E-state index contributed by atoms with van der Waals surface area (Å²) in [4.78, 5) is 22.8. The largest absolute Gasteiger partial charge is 0.468 e. The minimum Gasteiger partial charge on any atom is -0.468 e. The van der Waals surface area contributed by atoms with Crippen LogP contribution in [-0.4, -0.2) is 24.8 Å².